The lowest BCUT2D eigenvalue weighted by atomic mass is 10.1. The fraction of sp³-hybridized carbons (Fsp3) is 0.120. The average Bonchev–Trinajstić information content (AvgIpc) is 3.47. The molecule has 3 heterocycles. The Morgan fingerprint density at radius 3 is 2.66 bits per heavy atom. The number of carbonyl (C=O) groups excluding carboxylic acids is 1. The van der Waals surface area contributed by atoms with Crippen LogP contribution in [-0.4, -0.2) is 45.3 Å². The van der Waals surface area contributed by atoms with E-state index in [1.807, 2.05) is 0 Å². The molecular weight excluding hydrogens is 518 g/mol. The highest BCUT2D eigenvalue weighted by Gasteiger charge is 2.25. The highest BCUT2D eigenvalue weighted by atomic mass is 32.2. The molecule has 5 rings (SSSR count). The van der Waals surface area contributed by atoms with Crippen LogP contribution in [-0.2, 0) is 16.9 Å². The molecule has 0 radical (unpaired) electrons. The SMILES string of the molecule is Cc1cccc(S(=O)(=O)c2ccc(OC(F)F)c(-c3nn(C)cc3NC(=O)c3cnn4cccnc34)c2)c1. The summed E-state index contributed by atoms with van der Waals surface area (Å²) in [6, 6.07) is 11.5. The highest BCUT2D eigenvalue weighted by Crippen LogP contribution is 2.38. The smallest absolute Gasteiger partial charge is 0.387 e. The number of halogens is 2. The molecule has 13 heteroatoms. The van der Waals surface area contributed by atoms with Gasteiger partial charge in [0.05, 0.1) is 21.7 Å². The van der Waals surface area contributed by atoms with Crippen molar-refractivity contribution in [3.8, 4) is 17.0 Å². The number of hydrogen-bond acceptors (Lipinski definition) is 7. The van der Waals surface area contributed by atoms with Gasteiger partial charge in [-0.3, -0.25) is 9.48 Å². The van der Waals surface area contributed by atoms with Crippen LogP contribution in [0.1, 0.15) is 15.9 Å². The zero-order valence-corrected chi connectivity index (χ0v) is 20.9. The molecule has 0 aliphatic heterocycles. The Balaban J connectivity index is 1.60. The molecule has 0 bridgehead atoms. The Kier molecular flexibility index (Phi) is 6.36. The fourth-order valence-corrected chi connectivity index (χ4v) is 5.33. The number of hydrogen-bond donors (Lipinski definition) is 1. The number of rotatable bonds is 7. The van der Waals surface area contributed by atoms with E-state index in [1.165, 1.54) is 52.1 Å². The van der Waals surface area contributed by atoms with Crippen LogP contribution in [0.2, 0.25) is 0 Å². The van der Waals surface area contributed by atoms with Crippen molar-refractivity contribution in [3.05, 3.63) is 84.4 Å². The van der Waals surface area contributed by atoms with Crippen LogP contribution in [0.15, 0.2) is 83.1 Å². The summed E-state index contributed by atoms with van der Waals surface area (Å²) >= 11 is 0. The maximum absolute atomic E-state index is 13.4. The minimum atomic E-state index is -4.01. The van der Waals surface area contributed by atoms with Crippen LogP contribution >= 0.6 is 0 Å². The van der Waals surface area contributed by atoms with Gasteiger partial charge in [-0.1, -0.05) is 12.1 Å². The van der Waals surface area contributed by atoms with Crippen LogP contribution in [0.5, 0.6) is 5.75 Å². The molecule has 0 atom stereocenters. The topological polar surface area (TPSA) is 120 Å². The van der Waals surface area contributed by atoms with Gasteiger partial charge in [0, 0.05) is 31.2 Å². The molecule has 0 unspecified atom stereocenters. The third-order valence-corrected chi connectivity index (χ3v) is 7.38. The molecule has 0 spiro atoms. The van der Waals surface area contributed by atoms with E-state index in [9.17, 15) is 22.0 Å². The Morgan fingerprint density at radius 2 is 1.89 bits per heavy atom. The third kappa shape index (κ3) is 4.70. The highest BCUT2D eigenvalue weighted by molar-refractivity contribution is 7.91. The fourth-order valence-electron chi connectivity index (χ4n) is 3.93. The Labute approximate surface area is 215 Å². The lowest BCUT2D eigenvalue weighted by Crippen LogP contribution is -2.12. The summed E-state index contributed by atoms with van der Waals surface area (Å²) in [6.45, 7) is -1.42. The average molecular weight is 539 g/mol. The minimum Gasteiger partial charge on any atom is -0.434 e. The molecule has 2 aromatic carbocycles. The molecular formula is C25H20F2N6O4S. The van der Waals surface area contributed by atoms with Gasteiger partial charge in [-0.25, -0.2) is 17.9 Å². The molecule has 1 amide bonds. The van der Waals surface area contributed by atoms with E-state index in [0.717, 1.165) is 11.6 Å². The predicted octanol–water partition coefficient (Wildman–Crippen LogP) is 4.12. The first kappa shape index (κ1) is 25.0. The number of nitrogens with zero attached hydrogens (tertiary/aromatic N) is 5. The van der Waals surface area contributed by atoms with Crippen molar-refractivity contribution in [2.75, 3.05) is 5.32 Å². The van der Waals surface area contributed by atoms with Crippen molar-refractivity contribution in [2.45, 2.75) is 23.3 Å². The number of amides is 1. The lowest BCUT2D eigenvalue weighted by Gasteiger charge is -2.13. The molecule has 0 saturated carbocycles. The van der Waals surface area contributed by atoms with E-state index in [0.29, 0.717) is 5.65 Å². The number of ether oxygens (including phenoxy) is 1. The van der Waals surface area contributed by atoms with E-state index in [-0.39, 0.29) is 38.0 Å². The molecule has 194 valence electrons. The number of anilines is 1. The summed E-state index contributed by atoms with van der Waals surface area (Å²) in [5.41, 5.74) is 1.33. The van der Waals surface area contributed by atoms with Gasteiger partial charge in [-0.05, 0) is 48.9 Å². The number of aryl methyl sites for hydroxylation is 2. The number of alkyl halides is 2. The second kappa shape index (κ2) is 9.67. The van der Waals surface area contributed by atoms with Crippen molar-refractivity contribution in [3.63, 3.8) is 0 Å². The summed E-state index contributed by atoms with van der Waals surface area (Å²) in [4.78, 5) is 17.1. The number of aromatic nitrogens is 5. The largest absolute Gasteiger partial charge is 0.434 e. The second-order valence-corrected chi connectivity index (χ2v) is 10.3. The number of carbonyl (C=O) groups is 1. The molecule has 0 fully saturated rings. The van der Waals surface area contributed by atoms with Gasteiger partial charge in [0.25, 0.3) is 5.91 Å². The number of benzene rings is 2. The van der Waals surface area contributed by atoms with Gasteiger partial charge in [0.15, 0.2) is 5.65 Å². The van der Waals surface area contributed by atoms with E-state index in [1.54, 1.807) is 38.4 Å². The second-order valence-electron chi connectivity index (χ2n) is 8.32. The summed E-state index contributed by atoms with van der Waals surface area (Å²) < 4.78 is 60.7. The van der Waals surface area contributed by atoms with Crippen LogP contribution in [0.4, 0.5) is 14.5 Å². The van der Waals surface area contributed by atoms with Crippen molar-refractivity contribution in [1.82, 2.24) is 24.4 Å². The maximum Gasteiger partial charge on any atom is 0.387 e. The van der Waals surface area contributed by atoms with Crippen LogP contribution in [0, 0.1) is 6.92 Å². The number of nitrogens with one attached hydrogen (secondary N) is 1. The maximum atomic E-state index is 13.4. The normalized spacial score (nSPS) is 11.7. The van der Waals surface area contributed by atoms with E-state index >= 15 is 0 Å². The first-order valence-corrected chi connectivity index (χ1v) is 12.7. The van der Waals surface area contributed by atoms with Crippen molar-refractivity contribution in [1.29, 1.82) is 0 Å². The molecule has 0 aliphatic rings. The van der Waals surface area contributed by atoms with Gasteiger partial charge >= 0.3 is 6.61 Å². The Morgan fingerprint density at radius 1 is 1.11 bits per heavy atom. The lowest BCUT2D eigenvalue weighted by molar-refractivity contribution is -0.0494. The van der Waals surface area contributed by atoms with Crippen molar-refractivity contribution >= 4 is 27.1 Å². The molecule has 3 aromatic heterocycles. The first-order valence-electron chi connectivity index (χ1n) is 11.2. The molecule has 1 N–H and O–H groups in total. The van der Waals surface area contributed by atoms with Crippen LogP contribution < -0.4 is 10.1 Å². The van der Waals surface area contributed by atoms with Gasteiger partial charge < -0.3 is 10.1 Å². The van der Waals surface area contributed by atoms with Crippen molar-refractivity contribution in [2.24, 2.45) is 7.05 Å². The Hall–Kier alpha value is -4.65. The predicted molar refractivity (Wildman–Crippen MR) is 133 cm³/mol. The van der Waals surface area contributed by atoms with Gasteiger partial charge in [0.2, 0.25) is 9.84 Å². The Bertz CT molecular complexity index is 1780. The van der Waals surface area contributed by atoms with Gasteiger partial charge in [-0.2, -0.15) is 19.0 Å². The van der Waals surface area contributed by atoms with Crippen LogP contribution in [0.25, 0.3) is 16.9 Å². The molecule has 5 aromatic rings. The summed E-state index contributed by atoms with van der Waals surface area (Å²) in [5.74, 6) is -0.886. The van der Waals surface area contributed by atoms with E-state index < -0.39 is 22.4 Å². The summed E-state index contributed by atoms with van der Waals surface area (Å²) in [5, 5.41) is 11.1. The molecule has 0 saturated heterocycles. The summed E-state index contributed by atoms with van der Waals surface area (Å²) in [7, 11) is -2.44. The van der Waals surface area contributed by atoms with Crippen molar-refractivity contribution < 1.29 is 26.7 Å². The zero-order chi connectivity index (χ0) is 27.0. The van der Waals surface area contributed by atoms with Gasteiger partial charge in [0.1, 0.15) is 17.0 Å². The van der Waals surface area contributed by atoms with Crippen LogP contribution in [0.3, 0.4) is 0 Å². The quantitative estimate of drug-likeness (QED) is 0.331. The minimum absolute atomic E-state index is 0.0298. The molecule has 0 aliphatic carbocycles. The third-order valence-electron chi connectivity index (χ3n) is 5.63. The number of fused-ring (bicyclic) bond motifs is 1. The van der Waals surface area contributed by atoms with E-state index in [4.69, 9.17) is 0 Å². The monoisotopic (exact) mass is 538 g/mol. The molecule has 10 nitrogen and oxygen atoms in total. The number of sulfone groups is 1. The van der Waals surface area contributed by atoms with Gasteiger partial charge in [-0.15, -0.1) is 0 Å². The summed E-state index contributed by atoms with van der Waals surface area (Å²) in [6.07, 6.45) is 5.94. The molecule has 38 heavy (non-hydrogen) atoms. The first-order chi connectivity index (χ1) is 18.1. The zero-order valence-electron chi connectivity index (χ0n) is 20.0. The van der Waals surface area contributed by atoms with E-state index in [2.05, 4.69) is 25.2 Å². The standard InChI is InChI=1S/C25H20F2N6O4S/c1-15-5-3-6-16(11-15)38(35,36)17-7-8-21(37-25(26)27)18(12-17)22-20(14-32(2)31-22)30-24(34)19-13-29-33-10-4-9-28-23(19)33/h3-14,25H,1-2H3,(H,30,34).